The Labute approximate surface area is 267 Å². The zero-order valence-electron chi connectivity index (χ0n) is 24.8. The van der Waals surface area contributed by atoms with Crippen molar-refractivity contribution in [2.45, 2.75) is 13.0 Å². The zero-order valence-corrected chi connectivity index (χ0v) is 25.6. The van der Waals surface area contributed by atoms with E-state index < -0.39 is 15.8 Å². The van der Waals surface area contributed by atoms with Gasteiger partial charge >= 0.3 is 0 Å². The van der Waals surface area contributed by atoms with Gasteiger partial charge in [0, 0.05) is 30.1 Å². The minimum absolute atomic E-state index is 0.0649. The van der Waals surface area contributed by atoms with Gasteiger partial charge < -0.3 is 10.3 Å². The van der Waals surface area contributed by atoms with Crippen molar-refractivity contribution in [3.05, 3.63) is 108 Å². The van der Waals surface area contributed by atoms with Crippen LogP contribution in [0.3, 0.4) is 0 Å². The average molecular weight is 648 g/mol. The lowest BCUT2D eigenvalue weighted by atomic mass is 10.0. The summed E-state index contributed by atoms with van der Waals surface area (Å²) in [5.41, 5.74) is 7.05. The Morgan fingerprint density at radius 1 is 0.851 bits per heavy atom. The van der Waals surface area contributed by atoms with E-state index in [0.29, 0.717) is 67.2 Å². The normalized spacial score (nSPS) is 11.7. The van der Waals surface area contributed by atoms with Crippen molar-refractivity contribution in [3.63, 3.8) is 0 Å². The van der Waals surface area contributed by atoms with Gasteiger partial charge in [-0.05, 0) is 53.1 Å². The molecular weight excluding hydrogens is 621 g/mol. The topological polar surface area (TPSA) is 171 Å². The number of halogens is 1. The molecule has 234 valence electrons. The molecule has 0 unspecified atom stereocenters. The summed E-state index contributed by atoms with van der Waals surface area (Å²) in [5, 5.41) is 10.4. The first-order chi connectivity index (χ1) is 22.7. The molecule has 4 N–H and O–H groups in total. The van der Waals surface area contributed by atoms with Gasteiger partial charge in [0.25, 0.3) is 0 Å². The molecule has 2 aromatic carbocycles. The van der Waals surface area contributed by atoms with Crippen molar-refractivity contribution in [3.8, 4) is 33.9 Å². The highest BCUT2D eigenvalue weighted by atomic mass is 32.2. The van der Waals surface area contributed by atoms with Crippen LogP contribution in [0.25, 0.3) is 56.0 Å². The molecule has 0 spiro atoms. The van der Waals surface area contributed by atoms with Crippen molar-refractivity contribution in [2.75, 3.05) is 11.6 Å². The molecule has 14 heteroatoms. The molecule has 5 aromatic heterocycles. The van der Waals surface area contributed by atoms with Crippen LogP contribution >= 0.6 is 0 Å². The maximum absolute atomic E-state index is 14.6. The van der Waals surface area contributed by atoms with Gasteiger partial charge in [-0.3, -0.25) is 19.9 Å². The first kappa shape index (κ1) is 29.8. The number of carbonyl (C=O) groups excluding carboxylic acids is 1. The number of amides is 1. The minimum atomic E-state index is -3.46. The lowest BCUT2D eigenvalue weighted by Gasteiger charge is -2.07. The number of benzene rings is 2. The van der Waals surface area contributed by atoms with Crippen LogP contribution in [0.5, 0.6) is 0 Å². The van der Waals surface area contributed by atoms with E-state index in [1.54, 1.807) is 30.9 Å². The molecule has 0 atom stereocenters. The third-order valence-corrected chi connectivity index (χ3v) is 8.03. The van der Waals surface area contributed by atoms with Crippen molar-refractivity contribution in [1.29, 1.82) is 0 Å². The summed E-state index contributed by atoms with van der Waals surface area (Å²) in [5.74, 6) is -0.264. The Bertz CT molecular complexity index is 2390. The molecule has 5 heterocycles. The van der Waals surface area contributed by atoms with E-state index in [4.69, 9.17) is 9.97 Å². The fraction of sp³-hybridized carbons (Fsp3) is 0.0909. The SMILES string of the molecule is CS(=O)(=O)NCc1cc(F)cc(-c2cncc3[nH]c(-c4n[nH]c5ccc(-c6cncc(NC(=O)Cc7ccccc7)c6)nc45)nc23)c1. The smallest absolute Gasteiger partial charge is 0.228 e. The van der Waals surface area contributed by atoms with Gasteiger partial charge in [-0.2, -0.15) is 5.10 Å². The molecule has 0 fully saturated rings. The second kappa shape index (κ2) is 12.2. The number of fused-ring (bicyclic) bond motifs is 2. The molecule has 0 saturated carbocycles. The van der Waals surface area contributed by atoms with Crippen LogP contribution in [0, 0.1) is 5.82 Å². The largest absolute Gasteiger partial charge is 0.335 e. The van der Waals surface area contributed by atoms with E-state index >= 15 is 0 Å². The molecule has 0 radical (unpaired) electrons. The summed E-state index contributed by atoms with van der Waals surface area (Å²) < 4.78 is 40.2. The number of hydrogen-bond donors (Lipinski definition) is 4. The molecule has 7 rings (SSSR count). The second-order valence-corrected chi connectivity index (χ2v) is 12.8. The summed E-state index contributed by atoms with van der Waals surface area (Å²) >= 11 is 0. The molecular formula is C33H26FN9O3S. The number of aromatic nitrogens is 7. The fourth-order valence-electron chi connectivity index (χ4n) is 5.24. The maximum atomic E-state index is 14.6. The molecule has 47 heavy (non-hydrogen) atoms. The molecule has 1 amide bonds. The lowest BCUT2D eigenvalue weighted by molar-refractivity contribution is -0.115. The molecule has 7 aromatic rings. The van der Waals surface area contributed by atoms with Crippen LogP contribution in [0.1, 0.15) is 11.1 Å². The molecule has 0 aliphatic carbocycles. The Hall–Kier alpha value is -5.86. The Morgan fingerprint density at radius 2 is 1.68 bits per heavy atom. The van der Waals surface area contributed by atoms with Crippen molar-refractivity contribution in [1.82, 2.24) is 39.8 Å². The first-order valence-electron chi connectivity index (χ1n) is 14.4. The summed E-state index contributed by atoms with van der Waals surface area (Å²) in [6, 6.07) is 19.3. The Balaban J connectivity index is 1.20. The molecule has 12 nitrogen and oxygen atoms in total. The zero-order chi connectivity index (χ0) is 32.5. The molecule has 0 aliphatic heterocycles. The van der Waals surface area contributed by atoms with Crippen LogP contribution < -0.4 is 10.0 Å². The van der Waals surface area contributed by atoms with Gasteiger partial charge in [0.1, 0.15) is 11.3 Å². The third-order valence-electron chi connectivity index (χ3n) is 7.36. The number of hydrogen-bond acceptors (Lipinski definition) is 8. The van der Waals surface area contributed by atoms with E-state index in [2.05, 4.69) is 35.2 Å². The number of carbonyl (C=O) groups is 1. The fourth-order valence-corrected chi connectivity index (χ4v) is 5.67. The number of rotatable bonds is 9. The quantitative estimate of drug-likeness (QED) is 0.170. The van der Waals surface area contributed by atoms with Crippen LogP contribution in [0.15, 0.2) is 91.5 Å². The van der Waals surface area contributed by atoms with Gasteiger partial charge in [-0.1, -0.05) is 30.3 Å². The van der Waals surface area contributed by atoms with Crippen LogP contribution in [0.4, 0.5) is 10.1 Å². The van der Waals surface area contributed by atoms with Crippen molar-refractivity contribution in [2.24, 2.45) is 0 Å². The van der Waals surface area contributed by atoms with Gasteiger partial charge in [0.15, 0.2) is 11.5 Å². The number of aromatic amines is 2. The van der Waals surface area contributed by atoms with Gasteiger partial charge in [-0.15, -0.1) is 0 Å². The van der Waals surface area contributed by atoms with E-state index in [0.717, 1.165) is 11.8 Å². The standard InChI is InChI=1S/C33H26FN9O3S/c1-47(45,46)37-14-20-9-21(12-23(34)10-20)25-17-36-18-28-30(25)41-33(40-28)32-31-27(42-43-32)8-7-26(39-31)22-13-24(16-35-15-22)38-29(44)11-19-5-3-2-4-6-19/h2-10,12-13,15-18,37H,11,14H2,1H3,(H,38,44)(H,40,41)(H,42,43). The van der Waals surface area contributed by atoms with Gasteiger partial charge in [0.05, 0.1) is 53.0 Å². The summed E-state index contributed by atoms with van der Waals surface area (Å²) in [7, 11) is -3.46. The summed E-state index contributed by atoms with van der Waals surface area (Å²) in [4.78, 5) is 34.1. The number of H-pyrrole nitrogens is 2. The number of anilines is 1. The van der Waals surface area contributed by atoms with Crippen LogP contribution in [-0.2, 0) is 27.8 Å². The highest BCUT2D eigenvalue weighted by Crippen LogP contribution is 2.32. The Kier molecular flexibility index (Phi) is 7.71. The third kappa shape index (κ3) is 6.59. The Morgan fingerprint density at radius 3 is 2.51 bits per heavy atom. The van der Waals surface area contributed by atoms with E-state index in [1.165, 1.54) is 12.1 Å². The van der Waals surface area contributed by atoms with E-state index in [1.807, 2.05) is 48.5 Å². The van der Waals surface area contributed by atoms with Gasteiger partial charge in [0.2, 0.25) is 15.9 Å². The molecule has 0 bridgehead atoms. The van der Waals surface area contributed by atoms with E-state index in [-0.39, 0.29) is 18.9 Å². The maximum Gasteiger partial charge on any atom is 0.228 e. The highest BCUT2D eigenvalue weighted by Gasteiger charge is 2.18. The van der Waals surface area contributed by atoms with Crippen molar-refractivity contribution >= 4 is 43.7 Å². The monoisotopic (exact) mass is 647 g/mol. The predicted octanol–water partition coefficient (Wildman–Crippen LogP) is 4.99. The molecule has 0 saturated heterocycles. The number of nitrogens with zero attached hydrogens (tertiary/aromatic N) is 5. The van der Waals surface area contributed by atoms with Crippen LogP contribution in [-0.4, -0.2) is 55.7 Å². The summed E-state index contributed by atoms with van der Waals surface area (Å²) in [6.45, 7) is -0.0649. The van der Waals surface area contributed by atoms with E-state index in [9.17, 15) is 17.6 Å². The van der Waals surface area contributed by atoms with Crippen LogP contribution in [0.2, 0.25) is 0 Å². The number of nitrogens with one attached hydrogen (secondary N) is 4. The predicted molar refractivity (Wildman–Crippen MR) is 176 cm³/mol. The highest BCUT2D eigenvalue weighted by molar-refractivity contribution is 7.88. The van der Waals surface area contributed by atoms with Crippen molar-refractivity contribution < 1.29 is 17.6 Å². The number of imidazole rings is 1. The number of pyridine rings is 3. The summed E-state index contributed by atoms with van der Waals surface area (Å²) in [6.07, 6.45) is 7.71. The second-order valence-electron chi connectivity index (χ2n) is 10.9. The first-order valence-corrected chi connectivity index (χ1v) is 16.3. The minimum Gasteiger partial charge on any atom is -0.335 e. The lowest BCUT2D eigenvalue weighted by Crippen LogP contribution is -2.21. The molecule has 0 aliphatic rings. The van der Waals surface area contributed by atoms with Gasteiger partial charge in [-0.25, -0.2) is 27.5 Å². The number of sulfonamides is 1. The average Bonchev–Trinajstić information content (AvgIpc) is 3.68.